The van der Waals surface area contributed by atoms with E-state index < -0.39 is 36.9 Å². The third-order valence-corrected chi connectivity index (χ3v) is 5.17. The topological polar surface area (TPSA) is 94.9 Å². The lowest BCUT2D eigenvalue weighted by Crippen LogP contribution is -2.41. The van der Waals surface area contributed by atoms with Crippen molar-refractivity contribution >= 4 is 29.4 Å². The Morgan fingerprint density at radius 3 is 2.96 bits per heavy atom. The van der Waals surface area contributed by atoms with Gasteiger partial charge in [0.25, 0.3) is 5.92 Å². The summed E-state index contributed by atoms with van der Waals surface area (Å²) in [6, 6.07) is -1.18. The van der Waals surface area contributed by atoms with Gasteiger partial charge >= 0.3 is 5.97 Å². The Hall–Kier alpha value is -2.46. The summed E-state index contributed by atoms with van der Waals surface area (Å²) in [6.07, 6.45) is 3.95. The van der Waals surface area contributed by atoms with Crippen LogP contribution in [-0.2, 0) is 9.59 Å². The number of hydrogen-bond donors (Lipinski definition) is 2. The molecule has 0 bridgehead atoms. The Kier molecular flexibility index (Phi) is 5.47. The molecule has 2 aliphatic rings. The molecule has 27 heavy (non-hydrogen) atoms. The van der Waals surface area contributed by atoms with E-state index in [4.69, 9.17) is 5.11 Å². The van der Waals surface area contributed by atoms with Crippen LogP contribution in [0.1, 0.15) is 18.4 Å². The van der Waals surface area contributed by atoms with Crippen molar-refractivity contribution in [3.05, 3.63) is 40.0 Å². The number of nitrogens with one attached hydrogen (secondary N) is 1. The van der Waals surface area contributed by atoms with Crippen LogP contribution >= 0.6 is 11.3 Å². The van der Waals surface area contributed by atoms with Gasteiger partial charge < -0.3 is 10.4 Å². The molecule has 1 fully saturated rings. The van der Waals surface area contributed by atoms with Crippen molar-refractivity contribution in [2.24, 2.45) is 4.99 Å². The average Bonchev–Trinajstić information content (AvgIpc) is 3.20. The molecule has 10 heteroatoms. The molecular weight excluding hydrogens is 378 g/mol. The van der Waals surface area contributed by atoms with E-state index in [0.717, 1.165) is 6.08 Å². The summed E-state index contributed by atoms with van der Waals surface area (Å²) in [5, 5.41) is 14.3. The predicted octanol–water partition coefficient (Wildman–Crippen LogP) is 1.68. The molecule has 0 saturated carbocycles. The van der Waals surface area contributed by atoms with Gasteiger partial charge in [0.05, 0.1) is 12.6 Å². The van der Waals surface area contributed by atoms with E-state index in [0.29, 0.717) is 28.4 Å². The van der Waals surface area contributed by atoms with E-state index in [9.17, 15) is 18.4 Å². The van der Waals surface area contributed by atoms with Gasteiger partial charge in [0.15, 0.2) is 10.8 Å². The summed E-state index contributed by atoms with van der Waals surface area (Å²) in [5.74, 6) is -3.63. The molecule has 3 rings (SSSR count). The maximum absolute atomic E-state index is 13.9. The lowest BCUT2D eigenvalue weighted by molar-refractivity contribution is -0.131. The van der Waals surface area contributed by atoms with E-state index in [2.05, 4.69) is 15.3 Å². The van der Waals surface area contributed by atoms with Crippen molar-refractivity contribution in [3.63, 3.8) is 0 Å². The minimum absolute atomic E-state index is 0.0486. The Labute approximate surface area is 158 Å². The maximum atomic E-state index is 13.9. The van der Waals surface area contributed by atoms with Gasteiger partial charge in [0.1, 0.15) is 6.29 Å². The summed E-state index contributed by atoms with van der Waals surface area (Å²) < 4.78 is 27.8. The van der Waals surface area contributed by atoms with Crippen LogP contribution < -0.4 is 5.32 Å². The number of carboxylic acid groups (broad SMARTS) is 1. The molecule has 0 aliphatic carbocycles. The van der Waals surface area contributed by atoms with Gasteiger partial charge in [-0.2, -0.15) is 0 Å². The molecular formula is C17H18F2N4O3S. The summed E-state index contributed by atoms with van der Waals surface area (Å²) in [5.41, 5.74) is 0.857. The van der Waals surface area contributed by atoms with Crippen molar-refractivity contribution in [2.45, 2.75) is 31.4 Å². The molecule has 1 aromatic rings. The molecule has 0 aromatic carbocycles. The molecule has 144 valence electrons. The molecule has 1 aromatic heterocycles. The number of aliphatic carboxylic acids is 1. The zero-order valence-corrected chi connectivity index (χ0v) is 15.2. The molecule has 2 N–H and O–H groups in total. The number of likely N-dealkylation sites (tertiary alicyclic amines) is 1. The van der Waals surface area contributed by atoms with E-state index >= 15 is 0 Å². The molecule has 0 radical (unpaired) electrons. The van der Waals surface area contributed by atoms with Crippen LogP contribution in [0.4, 0.5) is 8.78 Å². The van der Waals surface area contributed by atoms with Crippen LogP contribution in [0.25, 0.3) is 0 Å². The van der Waals surface area contributed by atoms with Gasteiger partial charge in [-0.3, -0.25) is 14.7 Å². The number of alkyl halides is 2. The Bertz CT molecular complexity index is 820. The second-order valence-electron chi connectivity index (χ2n) is 6.40. The number of aromatic nitrogens is 1. The molecule has 2 aliphatic heterocycles. The zero-order valence-electron chi connectivity index (χ0n) is 14.4. The number of hydrogen-bond acceptors (Lipinski definition) is 7. The number of amidine groups is 1. The number of carbonyl (C=O) groups excluding carboxylic acids is 1. The Morgan fingerprint density at radius 2 is 2.33 bits per heavy atom. The van der Waals surface area contributed by atoms with Crippen molar-refractivity contribution in [2.75, 3.05) is 13.1 Å². The molecule has 2 unspecified atom stereocenters. The van der Waals surface area contributed by atoms with Crippen molar-refractivity contribution in [3.8, 4) is 0 Å². The number of halogens is 2. The molecule has 1 saturated heterocycles. The summed E-state index contributed by atoms with van der Waals surface area (Å²) in [4.78, 5) is 32.3. The van der Waals surface area contributed by atoms with E-state index in [1.165, 1.54) is 22.3 Å². The number of nitrogens with zero attached hydrogens (tertiary/aromatic N) is 3. The van der Waals surface area contributed by atoms with E-state index in [1.54, 1.807) is 18.5 Å². The highest BCUT2D eigenvalue weighted by Crippen LogP contribution is 2.33. The number of rotatable bonds is 6. The fraction of sp³-hybridized carbons (Fsp3) is 0.412. The number of aldehydes is 1. The fourth-order valence-electron chi connectivity index (χ4n) is 3.19. The summed E-state index contributed by atoms with van der Waals surface area (Å²) >= 11 is 1.37. The van der Waals surface area contributed by atoms with Gasteiger partial charge in [-0.05, 0) is 6.92 Å². The first-order chi connectivity index (χ1) is 12.8. The molecule has 2 atom stereocenters. The largest absolute Gasteiger partial charge is 0.478 e. The third-order valence-electron chi connectivity index (χ3n) is 4.39. The van der Waals surface area contributed by atoms with Gasteiger partial charge in [0.2, 0.25) is 0 Å². The number of carbonyl (C=O) groups is 2. The minimum Gasteiger partial charge on any atom is -0.478 e. The first-order valence-corrected chi connectivity index (χ1v) is 9.13. The predicted molar refractivity (Wildman–Crippen MR) is 96.0 cm³/mol. The normalized spacial score (nSPS) is 25.5. The Morgan fingerprint density at radius 1 is 1.56 bits per heavy atom. The van der Waals surface area contributed by atoms with Crippen molar-refractivity contribution < 1.29 is 23.5 Å². The van der Waals surface area contributed by atoms with E-state index in [1.807, 2.05) is 0 Å². The first-order valence-electron chi connectivity index (χ1n) is 8.25. The molecule has 7 nitrogen and oxygen atoms in total. The van der Waals surface area contributed by atoms with Crippen LogP contribution in [0.15, 0.2) is 40.0 Å². The zero-order chi connectivity index (χ0) is 19.6. The van der Waals surface area contributed by atoms with Crippen LogP contribution in [0.2, 0.25) is 0 Å². The van der Waals surface area contributed by atoms with Gasteiger partial charge in [0, 0.05) is 47.9 Å². The van der Waals surface area contributed by atoms with Gasteiger partial charge in [-0.25, -0.2) is 18.6 Å². The van der Waals surface area contributed by atoms with Crippen molar-refractivity contribution in [1.82, 2.24) is 15.2 Å². The van der Waals surface area contributed by atoms with Crippen LogP contribution in [0, 0.1) is 0 Å². The number of carboxylic acids is 1. The molecule has 0 spiro atoms. The average molecular weight is 396 g/mol. The highest BCUT2D eigenvalue weighted by molar-refractivity contribution is 7.11. The fourth-order valence-corrected chi connectivity index (χ4v) is 3.77. The van der Waals surface area contributed by atoms with Crippen LogP contribution in [0.3, 0.4) is 0 Å². The van der Waals surface area contributed by atoms with Gasteiger partial charge in [-0.15, -0.1) is 11.3 Å². The first kappa shape index (κ1) is 19.3. The number of thiazole rings is 1. The summed E-state index contributed by atoms with van der Waals surface area (Å²) in [7, 11) is 0. The summed E-state index contributed by atoms with van der Waals surface area (Å²) in [6.45, 7) is 1.28. The highest BCUT2D eigenvalue weighted by atomic mass is 32.1. The monoisotopic (exact) mass is 396 g/mol. The van der Waals surface area contributed by atoms with Crippen LogP contribution in [-0.4, -0.2) is 64.2 Å². The third kappa shape index (κ3) is 4.45. The standard InChI is InChI=1S/C17H18F2N4O3S/c1-10-12(8-24)13(22-15(21-10)16-20-4-5-27-16)7-23-9-17(18,19)6-11(23)2-3-14(25)26/h2-5,8,10-11H,6-7,9H2,1H3,(H,21,22)(H,25,26)/b3-2+. The lowest BCUT2D eigenvalue weighted by atomic mass is 10.1. The van der Waals surface area contributed by atoms with Crippen LogP contribution in [0.5, 0.6) is 0 Å². The number of aliphatic imine (C=N–C) groups is 1. The molecule has 3 heterocycles. The second kappa shape index (κ2) is 7.65. The van der Waals surface area contributed by atoms with E-state index in [-0.39, 0.29) is 6.54 Å². The minimum atomic E-state index is -2.93. The smallest absolute Gasteiger partial charge is 0.328 e. The molecule has 0 amide bonds. The Balaban J connectivity index is 1.84. The van der Waals surface area contributed by atoms with Crippen molar-refractivity contribution in [1.29, 1.82) is 0 Å². The highest BCUT2D eigenvalue weighted by Gasteiger charge is 2.44. The lowest BCUT2D eigenvalue weighted by Gasteiger charge is -2.28. The van der Waals surface area contributed by atoms with Gasteiger partial charge in [-0.1, -0.05) is 6.08 Å². The maximum Gasteiger partial charge on any atom is 0.328 e. The quantitative estimate of drug-likeness (QED) is 0.561. The SMILES string of the molecule is CC1N=C(c2nccs2)NC(CN2CC(F)(F)CC2/C=C/C(=O)O)=C1C=O. The second-order valence-corrected chi connectivity index (χ2v) is 7.29.